The van der Waals surface area contributed by atoms with Crippen molar-refractivity contribution < 1.29 is 12.8 Å². The second-order valence-corrected chi connectivity index (χ2v) is 8.81. The van der Waals surface area contributed by atoms with Gasteiger partial charge < -0.3 is 5.73 Å². The van der Waals surface area contributed by atoms with Gasteiger partial charge in [0, 0.05) is 18.0 Å². The van der Waals surface area contributed by atoms with Crippen LogP contribution < -0.4 is 5.73 Å². The molecule has 114 valence electrons. The van der Waals surface area contributed by atoms with Gasteiger partial charge in [-0.05, 0) is 46.3 Å². The topological polar surface area (TPSA) is 63.4 Å². The smallest absolute Gasteiger partial charge is 0.243 e. The molecule has 0 aliphatic carbocycles. The number of hydrogen-bond donors (Lipinski definition) is 1. The van der Waals surface area contributed by atoms with Crippen molar-refractivity contribution in [3.63, 3.8) is 0 Å². The Balaban J connectivity index is 2.32. The molecule has 0 unspecified atom stereocenters. The molecule has 2 N–H and O–H groups in total. The van der Waals surface area contributed by atoms with E-state index >= 15 is 0 Å². The minimum Gasteiger partial charge on any atom is -0.396 e. The lowest BCUT2D eigenvalue weighted by Crippen LogP contribution is -2.30. The molecule has 0 aliphatic rings. The second kappa shape index (κ2) is 6.43. The summed E-state index contributed by atoms with van der Waals surface area (Å²) in [5.74, 6) is -0.626. The summed E-state index contributed by atoms with van der Waals surface area (Å²) < 4.78 is 40.6. The molecule has 2 rings (SSSR count). The summed E-state index contributed by atoms with van der Waals surface area (Å²) in [4.78, 5) is 0.918. The van der Waals surface area contributed by atoms with E-state index in [9.17, 15) is 12.8 Å². The molecule has 0 saturated carbocycles. The zero-order valence-corrected chi connectivity index (χ0v) is 14.4. The molecule has 0 aliphatic heterocycles. The van der Waals surface area contributed by atoms with Crippen LogP contribution >= 0.6 is 27.3 Å². The molecule has 0 amide bonds. The van der Waals surface area contributed by atoms with Crippen LogP contribution in [0.15, 0.2) is 39.0 Å². The Morgan fingerprint density at radius 3 is 2.57 bits per heavy atom. The maximum absolute atomic E-state index is 13.2. The van der Waals surface area contributed by atoms with E-state index in [2.05, 4.69) is 15.9 Å². The maximum atomic E-state index is 13.2. The minimum atomic E-state index is -3.70. The number of thiophene rings is 1. The first-order valence-corrected chi connectivity index (χ1v) is 9.19. The SMILES string of the molecule is CCN(Cc1ccc(Br)s1)S(=O)(=O)c1ccc(F)c(N)c1. The Morgan fingerprint density at radius 1 is 1.33 bits per heavy atom. The number of halogens is 2. The molecule has 2 aromatic rings. The monoisotopic (exact) mass is 392 g/mol. The first-order chi connectivity index (χ1) is 9.84. The minimum absolute atomic E-state index is 0.00104. The van der Waals surface area contributed by atoms with Crippen LogP contribution in [0.5, 0.6) is 0 Å². The third-order valence-electron chi connectivity index (χ3n) is 2.92. The number of nitrogen functional groups attached to an aromatic ring is 1. The van der Waals surface area contributed by atoms with Crippen molar-refractivity contribution in [2.75, 3.05) is 12.3 Å². The van der Waals surface area contributed by atoms with Crippen LogP contribution in [0, 0.1) is 5.82 Å². The number of nitrogens with zero attached hydrogens (tertiary/aromatic N) is 1. The molecule has 1 heterocycles. The van der Waals surface area contributed by atoms with E-state index in [0.717, 1.165) is 20.8 Å². The van der Waals surface area contributed by atoms with Gasteiger partial charge in [-0.15, -0.1) is 11.3 Å². The van der Waals surface area contributed by atoms with E-state index in [1.807, 2.05) is 12.1 Å². The molecular formula is C13H14BrFN2O2S2. The summed E-state index contributed by atoms with van der Waals surface area (Å²) in [6, 6.07) is 7.19. The van der Waals surface area contributed by atoms with Gasteiger partial charge in [0.15, 0.2) is 0 Å². The summed E-state index contributed by atoms with van der Waals surface area (Å²) in [6.07, 6.45) is 0. The Labute approximate surface area is 135 Å². The molecule has 0 fully saturated rings. The molecule has 0 atom stereocenters. The fourth-order valence-corrected chi connectivity index (χ4v) is 4.85. The van der Waals surface area contributed by atoms with Gasteiger partial charge in [-0.1, -0.05) is 6.92 Å². The lowest BCUT2D eigenvalue weighted by Gasteiger charge is -2.20. The van der Waals surface area contributed by atoms with Gasteiger partial charge in [-0.25, -0.2) is 12.8 Å². The Hall–Kier alpha value is -0.960. The molecule has 0 saturated heterocycles. The lowest BCUT2D eigenvalue weighted by molar-refractivity contribution is 0.426. The van der Waals surface area contributed by atoms with Gasteiger partial charge in [-0.3, -0.25) is 0 Å². The van der Waals surface area contributed by atoms with Crippen molar-refractivity contribution in [3.8, 4) is 0 Å². The van der Waals surface area contributed by atoms with Gasteiger partial charge in [0.1, 0.15) is 5.82 Å². The largest absolute Gasteiger partial charge is 0.396 e. The predicted molar refractivity (Wildman–Crippen MR) is 86.1 cm³/mol. The van der Waals surface area contributed by atoms with Crippen molar-refractivity contribution in [2.45, 2.75) is 18.4 Å². The molecule has 4 nitrogen and oxygen atoms in total. The Morgan fingerprint density at radius 2 is 2.05 bits per heavy atom. The number of benzene rings is 1. The molecule has 8 heteroatoms. The Bertz CT molecular complexity index is 746. The first-order valence-electron chi connectivity index (χ1n) is 6.14. The highest BCUT2D eigenvalue weighted by molar-refractivity contribution is 9.11. The van der Waals surface area contributed by atoms with Crippen molar-refractivity contribution >= 4 is 43.0 Å². The summed E-state index contributed by atoms with van der Waals surface area (Å²) in [7, 11) is -3.70. The highest BCUT2D eigenvalue weighted by Gasteiger charge is 2.24. The summed E-state index contributed by atoms with van der Waals surface area (Å²) in [5.41, 5.74) is 5.28. The van der Waals surface area contributed by atoms with Crippen molar-refractivity contribution in [1.82, 2.24) is 4.31 Å². The zero-order valence-electron chi connectivity index (χ0n) is 11.2. The summed E-state index contributed by atoms with van der Waals surface area (Å²) >= 11 is 4.82. The van der Waals surface area contributed by atoms with E-state index < -0.39 is 15.8 Å². The summed E-state index contributed by atoms with van der Waals surface area (Å²) in [6.45, 7) is 2.34. The van der Waals surface area contributed by atoms with Crippen molar-refractivity contribution in [1.29, 1.82) is 0 Å². The van der Waals surface area contributed by atoms with Crippen LogP contribution in [0.1, 0.15) is 11.8 Å². The van der Waals surface area contributed by atoms with E-state index in [1.54, 1.807) is 6.92 Å². The molecule has 1 aromatic carbocycles. The number of hydrogen-bond acceptors (Lipinski definition) is 4. The summed E-state index contributed by atoms with van der Waals surface area (Å²) in [5, 5.41) is 0. The molecule has 21 heavy (non-hydrogen) atoms. The Kier molecular flexibility index (Phi) is 5.03. The fraction of sp³-hybridized carbons (Fsp3) is 0.231. The predicted octanol–water partition coefficient (Wildman–Crippen LogP) is 3.44. The van der Waals surface area contributed by atoms with Crippen LogP contribution in [0.2, 0.25) is 0 Å². The van der Waals surface area contributed by atoms with Crippen LogP contribution in [0.25, 0.3) is 0 Å². The zero-order chi connectivity index (χ0) is 15.6. The van der Waals surface area contributed by atoms with E-state index in [4.69, 9.17) is 5.73 Å². The highest BCUT2D eigenvalue weighted by atomic mass is 79.9. The normalized spacial score (nSPS) is 12.0. The number of rotatable bonds is 5. The van der Waals surface area contributed by atoms with Gasteiger partial charge in [0.2, 0.25) is 10.0 Å². The quantitative estimate of drug-likeness (QED) is 0.792. The molecule has 1 aromatic heterocycles. The van der Waals surface area contributed by atoms with Crippen LogP contribution in [0.4, 0.5) is 10.1 Å². The average Bonchev–Trinajstić information content (AvgIpc) is 2.84. The number of nitrogens with two attached hydrogens (primary N) is 1. The van der Waals surface area contributed by atoms with E-state index in [-0.39, 0.29) is 17.1 Å². The average molecular weight is 393 g/mol. The lowest BCUT2D eigenvalue weighted by atomic mass is 10.3. The third-order valence-corrected chi connectivity index (χ3v) is 6.44. The van der Waals surface area contributed by atoms with Crippen LogP contribution in [-0.4, -0.2) is 19.3 Å². The second-order valence-electron chi connectivity index (χ2n) is 4.32. The van der Waals surface area contributed by atoms with Crippen molar-refractivity contribution in [2.24, 2.45) is 0 Å². The maximum Gasteiger partial charge on any atom is 0.243 e. The van der Waals surface area contributed by atoms with Crippen LogP contribution in [-0.2, 0) is 16.6 Å². The van der Waals surface area contributed by atoms with Gasteiger partial charge in [0.25, 0.3) is 0 Å². The molecule has 0 spiro atoms. The van der Waals surface area contributed by atoms with Crippen LogP contribution in [0.3, 0.4) is 0 Å². The third kappa shape index (κ3) is 3.63. The van der Waals surface area contributed by atoms with Gasteiger partial charge >= 0.3 is 0 Å². The number of sulfonamides is 1. The van der Waals surface area contributed by atoms with Gasteiger partial charge in [0.05, 0.1) is 14.4 Å². The standard InChI is InChI=1S/C13H14BrFN2O2S2/c1-2-17(8-9-3-6-13(14)20-9)21(18,19)10-4-5-11(15)12(16)7-10/h3-7H,2,8,16H2,1H3. The number of anilines is 1. The van der Waals surface area contributed by atoms with E-state index in [1.165, 1.54) is 21.7 Å². The van der Waals surface area contributed by atoms with Gasteiger partial charge in [-0.2, -0.15) is 4.31 Å². The first kappa shape index (κ1) is 16.4. The van der Waals surface area contributed by atoms with Crippen molar-refractivity contribution in [3.05, 3.63) is 44.8 Å². The molecule has 0 bridgehead atoms. The molecule has 0 radical (unpaired) electrons. The molecular weight excluding hydrogens is 379 g/mol. The highest BCUT2D eigenvalue weighted by Crippen LogP contribution is 2.26. The van der Waals surface area contributed by atoms with E-state index in [0.29, 0.717) is 6.54 Å². The fourth-order valence-electron chi connectivity index (χ4n) is 1.81.